The second-order valence-electron chi connectivity index (χ2n) is 13.4. The summed E-state index contributed by atoms with van der Waals surface area (Å²) in [5.41, 5.74) is 10.7. The van der Waals surface area contributed by atoms with Crippen molar-refractivity contribution in [1.82, 2.24) is 0 Å². The quantitative estimate of drug-likeness (QED) is 0.176. The number of anilines is 4. The first kappa shape index (κ1) is 30.5. The van der Waals surface area contributed by atoms with Gasteiger partial charge < -0.3 is 10.2 Å². The van der Waals surface area contributed by atoms with Crippen LogP contribution in [-0.4, -0.2) is 0 Å². The Labute approximate surface area is 308 Å². The molecule has 2 nitrogen and oxygen atoms in total. The summed E-state index contributed by atoms with van der Waals surface area (Å²) in [6.07, 6.45) is 0. The van der Waals surface area contributed by atoms with Gasteiger partial charge in [-0.1, -0.05) is 163 Å². The van der Waals surface area contributed by atoms with E-state index in [1.54, 1.807) is 0 Å². The highest BCUT2D eigenvalue weighted by Gasteiger charge is 2.27. The van der Waals surface area contributed by atoms with Gasteiger partial charge in [-0.3, -0.25) is 0 Å². The van der Waals surface area contributed by atoms with Crippen molar-refractivity contribution in [2.75, 3.05) is 10.2 Å². The minimum atomic E-state index is 0.170. The molecule has 1 aliphatic heterocycles. The van der Waals surface area contributed by atoms with Crippen molar-refractivity contribution in [2.24, 2.45) is 0 Å². The smallest absolute Gasteiger partial charge is 0.103 e. The molecule has 0 amide bonds. The molecule has 0 spiro atoms. The number of fused-ring (bicyclic) bond motifs is 7. The first-order valence-corrected chi connectivity index (χ1v) is 18.7. The summed E-state index contributed by atoms with van der Waals surface area (Å²) < 4.78 is 0. The molecule has 52 heavy (non-hydrogen) atoms. The monoisotopic (exact) mass is 682 g/mol. The zero-order valence-corrected chi connectivity index (χ0v) is 29.2. The molecule has 246 valence electrons. The van der Waals surface area contributed by atoms with Gasteiger partial charge in [-0.15, -0.1) is 0 Å². The standard InChI is InChI=1S/C49H34N2S/c1-3-14-35(15-4-1)49-50-47-46-32-37(27-30-44(46)43-22-9-10-23-45(43)48(47)52-49)36-17-11-20-40(31-36)51(38-18-5-2-6-19-38)39-28-25-34(26-29-39)42-24-12-16-33-13-7-8-21-41(33)42/h1-32,49-50H. The maximum Gasteiger partial charge on any atom is 0.103 e. The molecule has 10 rings (SSSR count). The summed E-state index contributed by atoms with van der Waals surface area (Å²) in [6, 6.07) is 70.3. The molecule has 0 fully saturated rings. The summed E-state index contributed by atoms with van der Waals surface area (Å²) >= 11 is 1.92. The fraction of sp³-hybridized carbons (Fsp3) is 0.0204. The fourth-order valence-corrected chi connectivity index (χ4v) is 9.08. The van der Waals surface area contributed by atoms with Crippen molar-refractivity contribution >= 4 is 66.8 Å². The molecular weight excluding hydrogens is 649 g/mol. The number of benzene rings is 9. The molecule has 0 saturated carbocycles. The maximum atomic E-state index is 3.92. The Morgan fingerprint density at radius 2 is 1.00 bits per heavy atom. The lowest BCUT2D eigenvalue weighted by molar-refractivity contribution is 1.14. The molecule has 0 aliphatic carbocycles. The van der Waals surface area contributed by atoms with Gasteiger partial charge in [0, 0.05) is 27.3 Å². The lowest BCUT2D eigenvalue weighted by atomic mass is 9.95. The summed E-state index contributed by atoms with van der Waals surface area (Å²) in [7, 11) is 0. The van der Waals surface area contributed by atoms with E-state index in [0.717, 1.165) is 17.1 Å². The molecule has 9 aromatic rings. The second kappa shape index (κ2) is 12.8. The highest BCUT2D eigenvalue weighted by atomic mass is 32.2. The summed E-state index contributed by atoms with van der Waals surface area (Å²) in [6.45, 7) is 0. The number of hydrogen-bond donors (Lipinski definition) is 1. The molecule has 1 heterocycles. The van der Waals surface area contributed by atoms with Crippen LogP contribution in [0.3, 0.4) is 0 Å². The van der Waals surface area contributed by atoms with Crippen LogP contribution in [0.25, 0.3) is 54.6 Å². The van der Waals surface area contributed by atoms with Crippen molar-refractivity contribution in [2.45, 2.75) is 10.3 Å². The molecule has 9 aromatic carbocycles. The topological polar surface area (TPSA) is 15.3 Å². The predicted octanol–water partition coefficient (Wildman–Crippen LogP) is 14.2. The second-order valence-corrected chi connectivity index (χ2v) is 14.5. The van der Waals surface area contributed by atoms with Crippen molar-refractivity contribution in [3.05, 3.63) is 200 Å². The molecule has 0 saturated heterocycles. The van der Waals surface area contributed by atoms with E-state index in [1.165, 1.54) is 70.7 Å². The van der Waals surface area contributed by atoms with Crippen LogP contribution in [0.4, 0.5) is 22.7 Å². The van der Waals surface area contributed by atoms with Crippen LogP contribution < -0.4 is 10.2 Å². The zero-order valence-electron chi connectivity index (χ0n) is 28.4. The molecule has 1 unspecified atom stereocenters. The summed E-state index contributed by atoms with van der Waals surface area (Å²) in [4.78, 5) is 3.68. The Morgan fingerprint density at radius 3 is 1.83 bits per heavy atom. The molecule has 0 radical (unpaired) electrons. The molecule has 1 atom stereocenters. The van der Waals surface area contributed by atoms with Crippen LogP contribution in [0, 0.1) is 0 Å². The highest BCUT2D eigenvalue weighted by Crippen LogP contribution is 2.53. The number of nitrogens with one attached hydrogen (secondary N) is 1. The van der Waals surface area contributed by atoms with E-state index in [1.807, 2.05) is 11.8 Å². The Bertz CT molecular complexity index is 2730. The van der Waals surface area contributed by atoms with Crippen LogP contribution in [0.2, 0.25) is 0 Å². The summed E-state index contributed by atoms with van der Waals surface area (Å²) in [5.74, 6) is 0. The lowest BCUT2D eigenvalue weighted by Gasteiger charge is -2.26. The average molecular weight is 683 g/mol. The molecule has 0 bridgehead atoms. The van der Waals surface area contributed by atoms with E-state index in [0.29, 0.717) is 0 Å². The van der Waals surface area contributed by atoms with Crippen LogP contribution in [0.5, 0.6) is 0 Å². The van der Waals surface area contributed by atoms with E-state index in [9.17, 15) is 0 Å². The van der Waals surface area contributed by atoms with Gasteiger partial charge in [-0.2, -0.15) is 0 Å². The lowest BCUT2D eigenvalue weighted by Crippen LogP contribution is -2.09. The number of para-hydroxylation sites is 1. The SMILES string of the molecule is c1ccc(C2Nc3c(c4ccccc4c4ccc(-c5cccc(N(c6ccccc6)c6ccc(-c7cccc8ccccc78)cc6)c5)cc34)S2)cc1. The van der Waals surface area contributed by atoms with Crippen molar-refractivity contribution < 1.29 is 0 Å². The molecule has 3 heteroatoms. The van der Waals surface area contributed by atoms with Gasteiger partial charge in [-0.05, 0) is 97.2 Å². The first-order valence-electron chi connectivity index (χ1n) is 17.8. The minimum absolute atomic E-state index is 0.170. The van der Waals surface area contributed by atoms with Crippen LogP contribution in [-0.2, 0) is 0 Å². The predicted molar refractivity (Wildman–Crippen MR) is 223 cm³/mol. The normalized spacial score (nSPS) is 13.7. The minimum Gasteiger partial charge on any atom is -0.368 e. The van der Waals surface area contributed by atoms with Gasteiger partial charge in [0.05, 0.1) is 5.69 Å². The van der Waals surface area contributed by atoms with Gasteiger partial charge in [0.15, 0.2) is 0 Å². The number of nitrogens with zero attached hydrogens (tertiary/aromatic N) is 1. The molecule has 0 aromatic heterocycles. The van der Waals surface area contributed by atoms with E-state index >= 15 is 0 Å². The highest BCUT2D eigenvalue weighted by molar-refractivity contribution is 8.00. The van der Waals surface area contributed by atoms with Crippen molar-refractivity contribution in [3.63, 3.8) is 0 Å². The number of thioether (sulfide) groups is 1. The third-order valence-electron chi connectivity index (χ3n) is 10.3. The third-order valence-corrected chi connectivity index (χ3v) is 11.6. The summed E-state index contributed by atoms with van der Waals surface area (Å²) in [5, 5.41) is 11.7. The van der Waals surface area contributed by atoms with E-state index in [2.05, 4.69) is 204 Å². The molecule has 1 N–H and O–H groups in total. The van der Waals surface area contributed by atoms with E-state index in [-0.39, 0.29) is 5.37 Å². The molecular formula is C49H34N2S. The van der Waals surface area contributed by atoms with Crippen molar-refractivity contribution in [3.8, 4) is 22.3 Å². The largest absolute Gasteiger partial charge is 0.368 e. The zero-order chi connectivity index (χ0) is 34.4. The van der Waals surface area contributed by atoms with Crippen LogP contribution in [0.15, 0.2) is 199 Å². The van der Waals surface area contributed by atoms with Gasteiger partial charge in [0.25, 0.3) is 0 Å². The van der Waals surface area contributed by atoms with Gasteiger partial charge in [0.1, 0.15) is 5.37 Å². The van der Waals surface area contributed by atoms with Crippen molar-refractivity contribution in [1.29, 1.82) is 0 Å². The van der Waals surface area contributed by atoms with Gasteiger partial charge in [0.2, 0.25) is 0 Å². The maximum absolute atomic E-state index is 3.92. The first-order chi connectivity index (χ1) is 25.8. The number of rotatable bonds is 6. The Balaban J connectivity index is 1.06. The van der Waals surface area contributed by atoms with E-state index < -0.39 is 0 Å². The molecule has 1 aliphatic rings. The average Bonchev–Trinajstić information content (AvgIpc) is 3.68. The van der Waals surface area contributed by atoms with Gasteiger partial charge in [-0.25, -0.2) is 0 Å². The Hall–Kier alpha value is -6.29. The van der Waals surface area contributed by atoms with Crippen LogP contribution >= 0.6 is 11.8 Å². The fourth-order valence-electron chi connectivity index (χ4n) is 7.78. The van der Waals surface area contributed by atoms with Crippen LogP contribution in [0.1, 0.15) is 10.9 Å². The van der Waals surface area contributed by atoms with Gasteiger partial charge >= 0.3 is 0 Å². The Morgan fingerprint density at radius 1 is 0.404 bits per heavy atom. The Kier molecular flexibility index (Phi) is 7.51. The number of hydrogen-bond acceptors (Lipinski definition) is 3. The van der Waals surface area contributed by atoms with E-state index in [4.69, 9.17) is 0 Å². The third kappa shape index (κ3) is 5.30.